The molecule has 0 aliphatic rings. The lowest BCUT2D eigenvalue weighted by molar-refractivity contribution is 0.00700. The van der Waals surface area contributed by atoms with E-state index in [-0.39, 0.29) is 10.8 Å². The van der Waals surface area contributed by atoms with Crippen molar-refractivity contribution in [1.29, 1.82) is 0 Å². The minimum Gasteiger partial charge on any atom is -0.372 e. The van der Waals surface area contributed by atoms with Crippen LogP contribution in [0.2, 0.25) is 5.02 Å². The first-order valence-electron chi connectivity index (χ1n) is 6.33. The number of halogens is 2. The predicted molar refractivity (Wildman–Crippen MR) is 93.0 cm³/mol. The van der Waals surface area contributed by atoms with Crippen molar-refractivity contribution in [2.75, 3.05) is 13.7 Å². The molecule has 1 heterocycles. The van der Waals surface area contributed by atoms with Gasteiger partial charge in [0.15, 0.2) is 0 Å². The van der Waals surface area contributed by atoms with E-state index >= 15 is 0 Å². The molecule has 1 atom stereocenters. The fourth-order valence-corrected chi connectivity index (χ4v) is 5.23. The molecule has 120 valence electrons. The molecule has 1 N–H and O–H groups in total. The van der Waals surface area contributed by atoms with Gasteiger partial charge in [-0.05, 0) is 52.7 Å². The first-order valence-corrected chi connectivity index (χ1v) is 9.80. The molecule has 1 aromatic carbocycles. The molecular formula is C14H15BrClNO3S2. The highest BCUT2D eigenvalue weighted by Crippen LogP contribution is 2.29. The van der Waals surface area contributed by atoms with E-state index < -0.39 is 15.6 Å². The van der Waals surface area contributed by atoms with Crippen LogP contribution in [-0.4, -0.2) is 22.1 Å². The third-order valence-electron chi connectivity index (χ3n) is 3.30. The highest BCUT2D eigenvalue weighted by Gasteiger charge is 2.29. The van der Waals surface area contributed by atoms with E-state index in [1.54, 1.807) is 30.3 Å². The van der Waals surface area contributed by atoms with Crippen LogP contribution in [0, 0.1) is 0 Å². The van der Waals surface area contributed by atoms with Crippen molar-refractivity contribution in [3.8, 4) is 0 Å². The molecule has 0 aliphatic carbocycles. The number of hydrogen-bond donors (Lipinski definition) is 1. The van der Waals surface area contributed by atoms with Crippen LogP contribution in [0.3, 0.4) is 0 Å². The van der Waals surface area contributed by atoms with E-state index in [1.807, 2.05) is 13.0 Å². The summed E-state index contributed by atoms with van der Waals surface area (Å²) >= 11 is 10.4. The van der Waals surface area contributed by atoms with Crippen molar-refractivity contribution in [2.45, 2.75) is 16.7 Å². The van der Waals surface area contributed by atoms with Crippen LogP contribution in [0.15, 0.2) is 44.4 Å². The van der Waals surface area contributed by atoms with Crippen molar-refractivity contribution >= 4 is 48.9 Å². The standard InChI is InChI=1S/C14H15BrClNO3S2/c1-14(20-2,10-4-3-5-11(16)8-10)9-17-22(18,19)13-7-6-12(15)21-13/h3-8,17H,9H2,1-2H3. The van der Waals surface area contributed by atoms with Crippen LogP contribution in [0.25, 0.3) is 0 Å². The van der Waals surface area contributed by atoms with Crippen molar-refractivity contribution in [3.05, 3.63) is 50.8 Å². The highest BCUT2D eigenvalue weighted by atomic mass is 79.9. The molecule has 0 aliphatic heterocycles. The average Bonchev–Trinajstić information content (AvgIpc) is 2.92. The van der Waals surface area contributed by atoms with Gasteiger partial charge in [-0.25, -0.2) is 13.1 Å². The van der Waals surface area contributed by atoms with Gasteiger partial charge >= 0.3 is 0 Å². The first-order chi connectivity index (χ1) is 10.3. The lowest BCUT2D eigenvalue weighted by atomic mass is 9.96. The van der Waals surface area contributed by atoms with E-state index in [1.165, 1.54) is 7.11 Å². The maximum absolute atomic E-state index is 12.3. The fraction of sp³-hybridized carbons (Fsp3) is 0.286. The maximum Gasteiger partial charge on any atom is 0.250 e. The van der Waals surface area contributed by atoms with Crippen LogP contribution in [-0.2, 0) is 20.4 Å². The largest absolute Gasteiger partial charge is 0.372 e. The molecule has 0 spiro atoms. The second-order valence-electron chi connectivity index (χ2n) is 4.83. The van der Waals surface area contributed by atoms with Crippen LogP contribution >= 0.6 is 38.9 Å². The Kier molecular flexibility index (Phi) is 5.68. The maximum atomic E-state index is 12.3. The zero-order chi connectivity index (χ0) is 16.4. The third-order valence-corrected chi connectivity index (χ3v) is 7.05. The summed E-state index contributed by atoms with van der Waals surface area (Å²) < 4.78 is 33.7. The number of methoxy groups -OCH3 is 1. The second kappa shape index (κ2) is 6.98. The SMILES string of the molecule is COC(C)(CNS(=O)(=O)c1ccc(Br)s1)c1cccc(Cl)c1. The summed E-state index contributed by atoms with van der Waals surface area (Å²) in [5.74, 6) is 0. The summed E-state index contributed by atoms with van der Waals surface area (Å²) in [7, 11) is -2.04. The zero-order valence-corrected chi connectivity index (χ0v) is 15.9. The Morgan fingerprint density at radius 2 is 2.09 bits per heavy atom. The number of nitrogens with one attached hydrogen (secondary N) is 1. The molecule has 1 aromatic heterocycles. The molecule has 0 bridgehead atoms. The molecule has 8 heteroatoms. The molecule has 0 fully saturated rings. The normalized spacial score (nSPS) is 14.7. The number of benzene rings is 1. The van der Waals surface area contributed by atoms with E-state index in [2.05, 4.69) is 20.7 Å². The lowest BCUT2D eigenvalue weighted by Gasteiger charge is -2.29. The van der Waals surface area contributed by atoms with Gasteiger partial charge in [-0.15, -0.1) is 11.3 Å². The average molecular weight is 425 g/mol. The molecular weight excluding hydrogens is 410 g/mol. The van der Waals surface area contributed by atoms with E-state index in [9.17, 15) is 8.42 Å². The Hall–Kier alpha value is -0.440. The molecule has 22 heavy (non-hydrogen) atoms. The molecule has 2 rings (SSSR count). The topological polar surface area (TPSA) is 55.4 Å². The molecule has 0 amide bonds. The molecule has 4 nitrogen and oxygen atoms in total. The summed E-state index contributed by atoms with van der Waals surface area (Å²) in [6.45, 7) is 1.91. The lowest BCUT2D eigenvalue weighted by Crippen LogP contribution is -2.39. The summed E-state index contributed by atoms with van der Waals surface area (Å²) in [5.41, 5.74) is -0.00974. The van der Waals surface area contributed by atoms with Gasteiger partial charge in [0.25, 0.3) is 0 Å². The number of sulfonamides is 1. The molecule has 2 aromatic rings. The van der Waals surface area contributed by atoms with Gasteiger partial charge in [0.2, 0.25) is 10.0 Å². The minimum atomic E-state index is -3.58. The van der Waals surface area contributed by atoms with Crippen LogP contribution < -0.4 is 4.72 Å². The number of hydrogen-bond acceptors (Lipinski definition) is 4. The van der Waals surface area contributed by atoms with E-state index in [4.69, 9.17) is 16.3 Å². The van der Waals surface area contributed by atoms with Gasteiger partial charge < -0.3 is 4.74 Å². The number of ether oxygens (including phenoxy) is 1. The third kappa shape index (κ3) is 4.10. The molecule has 0 saturated heterocycles. The Balaban J connectivity index is 2.20. The van der Waals surface area contributed by atoms with Crippen molar-refractivity contribution in [1.82, 2.24) is 4.72 Å². The summed E-state index contributed by atoms with van der Waals surface area (Å²) in [4.78, 5) is 0. The van der Waals surface area contributed by atoms with Gasteiger partial charge in [-0.1, -0.05) is 23.7 Å². The summed E-state index contributed by atoms with van der Waals surface area (Å²) in [5, 5.41) is 0.575. The first kappa shape index (κ1) is 17.9. The van der Waals surface area contributed by atoms with Crippen molar-refractivity contribution in [2.24, 2.45) is 0 Å². The van der Waals surface area contributed by atoms with Gasteiger partial charge in [0.05, 0.1) is 3.79 Å². The molecule has 0 saturated carbocycles. The van der Waals surface area contributed by atoms with Gasteiger partial charge in [0.1, 0.15) is 9.81 Å². The monoisotopic (exact) mass is 423 g/mol. The fourth-order valence-electron chi connectivity index (χ4n) is 1.86. The Bertz CT molecular complexity index is 763. The zero-order valence-electron chi connectivity index (χ0n) is 12.0. The molecule has 1 unspecified atom stereocenters. The van der Waals surface area contributed by atoms with Crippen molar-refractivity contribution in [3.63, 3.8) is 0 Å². The smallest absolute Gasteiger partial charge is 0.250 e. The minimum absolute atomic E-state index is 0.0989. The van der Waals surface area contributed by atoms with Crippen LogP contribution in [0.1, 0.15) is 12.5 Å². The summed E-state index contributed by atoms with van der Waals surface area (Å²) in [6.07, 6.45) is 0. The van der Waals surface area contributed by atoms with Crippen molar-refractivity contribution < 1.29 is 13.2 Å². The second-order valence-corrected chi connectivity index (χ2v) is 9.72. The number of rotatable bonds is 6. The van der Waals surface area contributed by atoms with Crippen LogP contribution in [0.5, 0.6) is 0 Å². The Morgan fingerprint density at radius 3 is 2.64 bits per heavy atom. The van der Waals surface area contributed by atoms with Gasteiger partial charge in [-0.2, -0.15) is 0 Å². The van der Waals surface area contributed by atoms with E-state index in [0.717, 1.165) is 20.7 Å². The summed E-state index contributed by atoms with van der Waals surface area (Å²) in [6, 6.07) is 10.4. The molecule has 0 radical (unpaired) electrons. The quantitative estimate of drug-likeness (QED) is 0.762. The highest BCUT2D eigenvalue weighted by molar-refractivity contribution is 9.11. The Morgan fingerprint density at radius 1 is 1.36 bits per heavy atom. The Labute approximate surface area is 147 Å². The number of thiophene rings is 1. The van der Waals surface area contributed by atoms with Crippen LogP contribution in [0.4, 0.5) is 0 Å². The van der Waals surface area contributed by atoms with Gasteiger partial charge in [0, 0.05) is 18.7 Å². The van der Waals surface area contributed by atoms with Gasteiger partial charge in [-0.3, -0.25) is 0 Å². The predicted octanol–water partition coefficient (Wildman–Crippen LogP) is 4.00. The van der Waals surface area contributed by atoms with E-state index in [0.29, 0.717) is 5.02 Å².